The van der Waals surface area contributed by atoms with E-state index in [1.54, 1.807) is 0 Å². The second-order valence-corrected chi connectivity index (χ2v) is 4.67. The van der Waals surface area contributed by atoms with E-state index in [0.717, 1.165) is 25.0 Å². The van der Waals surface area contributed by atoms with Gasteiger partial charge in [-0.3, -0.25) is 10.1 Å². The second kappa shape index (κ2) is 3.86. The van der Waals surface area contributed by atoms with E-state index < -0.39 is 22.4 Å². The highest BCUT2D eigenvalue weighted by atomic mass is 19.4. The van der Waals surface area contributed by atoms with Gasteiger partial charge in [0, 0.05) is 17.3 Å². The molecule has 18 heavy (non-hydrogen) atoms. The number of nitro benzene ring substituents is 1. The first kappa shape index (κ1) is 12.7. The van der Waals surface area contributed by atoms with Crippen molar-refractivity contribution in [2.45, 2.75) is 31.5 Å². The van der Waals surface area contributed by atoms with Crippen LogP contribution in [0.15, 0.2) is 18.2 Å². The number of nitro groups is 1. The van der Waals surface area contributed by atoms with Crippen LogP contribution in [0.3, 0.4) is 0 Å². The number of halogens is 3. The zero-order chi connectivity index (χ0) is 13.6. The molecule has 0 aliphatic heterocycles. The maximum Gasteiger partial charge on any atom is 0.423 e. The first-order chi connectivity index (χ1) is 8.21. The lowest BCUT2D eigenvalue weighted by Gasteiger charge is -2.15. The summed E-state index contributed by atoms with van der Waals surface area (Å²) in [4.78, 5) is 9.54. The maximum atomic E-state index is 12.7. The van der Waals surface area contributed by atoms with Crippen molar-refractivity contribution in [2.75, 3.05) is 5.32 Å². The van der Waals surface area contributed by atoms with Gasteiger partial charge in [-0.15, -0.1) is 0 Å². The molecule has 0 saturated heterocycles. The molecule has 1 saturated carbocycles. The van der Waals surface area contributed by atoms with E-state index in [1.165, 1.54) is 6.07 Å². The number of hydrogen-bond acceptors (Lipinski definition) is 3. The van der Waals surface area contributed by atoms with Crippen LogP contribution in [0.2, 0.25) is 0 Å². The summed E-state index contributed by atoms with van der Waals surface area (Å²) in [6.45, 7) is 1.89. The number of nitrogens with zero attached hydrogens (tertiary/aromatic N) is 1. The Labute approximate surface area is 101 Å². The minimum atomic E-state index is -4.73. The number of nitrogens with one attached hydrogen (secondary N) is 1. The lowest BCUT2D eigenvalue weighted by Crippen LogP contribution is -2.17. The Bertz CT molecular complexity index is 496. The highest BCUT2D eigenvalue weighted by Gasteiger charge is 2.40. The second-order valence-electron chi connectivity index (χ2n) is 4.67. The van der Waals surface area contributed by atoms with Crippen LogP contribution in [0.5, 0.6) is 0 Å². The average Bonchev–Trinajstić information content (AvgIpc) is 2.94. The predicted octanol–water partition coefficient (Wildman–Crippen LogP) is 3.58. The van der Waals surface area contributed by atoms with Gasteiger partial charge in [0.15, 0.2) is 0 Å². The van der Waals surface area contributed by atoms with Gasteiger partial charge in [-0.2, -0.15) is 13.2 Å². The normalized spacial score (nSPS) is 17.3. The van der Waals surface area contributed by atoms with Crippen LogP contribution in [0, 0.1) is 10.1 Å². The van der Waals surface area contributed by atoms with Crippen LogP contribution in [-0.2, 0) is 6.18 Å². The number of anilines is 1. The topological polar surface area (TPSA) is 55.2 Å². The highest BCUT2D eigenvalue weighted by Crippen LogP contribution is 2.41. The van der Waals surface area contributed by atoms with Crippen molar-refractivity contribution in [3.05, 3.63) is 33.9 Å². The smallest absolute Gasteiger partial charge is 0.380 e. The van der Waals surface area contributed by atoms with Crippen molar-refractivity contribution in [3.63, 3.8) is 0 Å². The van der Waals surface area contributed by atoms with Crippen molar-refractivity contribution in [2.24, 2.45) is 0 Å². The summed E-state index contributed by atoms with van der Waals surface area (Å²) in [5.41, 5.74) is -2.07. The number of rotatable bonds is 3. The summed E-state index contributed by atoms with van der Waals surface area (Å²) in [7, 11) is 0. The zero-order valence-corrected chi connectivity index (χ0v) is 9.54. The van der Waals surface area contributed by atoms with E-state index in [-0.39, 0.29) is 11.2 Å². The summed E-state index contributed by atoms with van der Waals surface area (Å²) in [6.07, 6.45) is -2.97. The molecule has 1 aromatic carbocycles. The molecule has 1 N–H and O–H groups in total. The van der Waals surface area contributed by atoms with E-state index in [2.05, 4.69) is 5.32 Å². The summed E-state index contributed by atoms with van der Waals surface area (Å²) in [6, 6.07) is 2.98. The van der Waals surface area contributed by atoms with Crippen LogP contribution < -0.4 is 5.32 Å². The molecule has 0 bridgehead atoms. The largest absolute Gasteiger partial charge is 0.423 e. The number of benzene rings is 1. The molecule has 0 heterocycles. The Morgan fingerprint density at radius 3 is 2.44 bits per heavy atom. The van der Waals surface area contributed by atoms with Crippen LogP contribution >= 0.6 is 0 Å². The maximum absolute atomic E-state index is 12.7. The summed E-state index contributed by atoms with van der Waals surface area (Å²) < 4.78 is 38.1. The molecule has 0 spiro atoms. The van der Waals surface area contributed by atoms with Gasteiger partial charge in [-0.05, 0) is 31.9 Å². The van der Waals surface area contributed by atoms with E-state index in [9.17, 15) is 23.3 Å². The molecule has 4 nitrogen and oxygen atoms in total. The molecular weight excluding hydrogens is 249 g/mol. The van der Waals surface area contributed by atoms with Crippen LogP contribution in [0.25, 0.3) is 0 Å². The Morgan fingerprint density at radius 1 is 1.39 bits per heavy atom. The van der Waals surface area contributed by atoms with Gasteiger partial charge in [0.1, 0.15) is 5.56 Å². The molecule has 0 radical (unpaired) electrons. The molecule has 1 aliphatic carbocycles. The van der Waals surface area contributed by atoms with Crippen molar-refractivity contribution in [1.29, 1.82) is 0 Å². The Morgan fingerprint density at radius 2 is 2.00 bits per heavy atom. The van der Waals surface area contributed by atoms with Gasteiger partial charge in [0.2, 0.25) is 0 Å². The van der Waals surface area contributed by atoms with Gasteiger partial charge in [-0.25, -0.2) is 0 Å². The van der Waals surface area contributed by atoms with E-state index in [4.69, 9.17) is 0 Å². The van der Waals surface area contributed by atoms with Crippen molar-refractivity contribution in [3.8, 4) is 0 Å². The molecule has 1 fully saturated rings. The first-order valence-electron chi connectivity index (χ1n) is 5.35. The van der Waals surface area contributed by atoms with Crippen molar-refractivity contribution in [1.82, 2.24) is 0 Å². The fourth-order valence-corrected chi connectivity index (χ4v) is 1.66. The molecule has 98 valence electrons. The Kier molecular flexibility index (Phi) is 2.71. The molecule has 7 heteroatoms. The highest BCUT2D eigenvalue weighted by molar-refractivity contribution is 5.56. The quantitative estimate of drug-likeness (QED) is 0.667. The fourth-order valence-electron chi connectivity index (χ4n) is 1.66. The molecule has 2 rings (SSSR count). The molecule has 1 aliphatic rings. The van der Waals surface area contributed by atoms with Gasteiger partial charge in [0.05, 0.1) is 4.92 Å². The van der Waals surface area contributed by atoms with E-state index >= 15 is 0 Å². The molecule has 0 amide bonds. The molecule has 1 aromatic rings. The lowest BCUT2D eigenvalue weighted by atomic mass is 10.1. The van der Waals surface area contributed by atoms with Gasteiger partial charge in [-0.1, -0.05) is 0 Å². The summed E-state index contributed by atoms with van der Waals surface area (Å²) in [5, 5.41) is 13.5. The van der Waals surface area contributed by atoms with Crippen LogP contribution in [-0.4, -0.2) is 10.5 Å². The van der Waals surface area contributed by atoms with Gasteiger partial charge < -0.3 is 5.32 Å². The predicted molar refractivity (Wildman–Crippen MR) is 59.4 cm³/mol. The molecular formula is C11H11F3N2O2. The minimum absolute atomic E-state index is 0.182. The van der Waals surface area contributed by atoms with Crippen molar-refractivity contribution < 1.29 is 18.1 Å². The fraction of sp³-hybridized carbons (Fsp3) is 0.455. The molecule has 0 atom stereocenters. The summed E-state index contributed by atoms with van der Waals surface area (Å²) in [5.74, 6) is 0. The van der Waals surface area contributed by atoms with E-state index in [1.807, 2.05) is 6.92 Å². The SMILES string of the molecule is CC1(Nc2ccc([N+](=O)[O-])c(C(F)(F)F)c2)CC1. The third kappa shape index (κ3) is 2.55. The standard InChI is InChI=1S/C11H11F3N2O2/c1-10(4-5-10)15-7-2-3-9(16(17)18)8(6-7)11(12,13)14/h2-3,6,15H,4-5H2,1H3. The molecule has 0 unspecified atom stereocenters. The first-order valence-corrected chi connectivity index (χ1v) is 5.35. The summed E-state index contributed by atoms with van der Waals surface area (Å²) >= 11 is 0. The zero-order valence-electron chi connectivity index (χ0n) is 9.54. The number of hydrogen-bond donors (Lipinski definition) is 1. The molecule has 0 aromatic heterocycles. The van der Waals surface area contributed by atoms with Crippen LogP contribution in [0.4, 0.5) is 24.5 Å². The van der Waals surface area contributed by atoms with Gasteiger partial charge >= 0.3 is 6.18 Å². The Hall–Kier alpha value is -1.79. The monoisotopic (exact) mass is 260 g/mol. The Balaban J connectivity index is 2.39. The minimum Gasteiger partial charge on any atom is -0.380 e. The number of alkyl halides is 3. The lowest BCUT2D eigenvalue weighted by molar-refractivity contribution is -0.388. The third-order valence-electron chi connectivity index (χ3n) is 2.94. The van der Waals surface area contributed by atoms with E-state index in [0.29, 0.717) is 0 Å². The van der Waals surface area contributed by atoms with Crippen molar-refractivity contribution >= 4 is 11.4 Å². The van der Waals surface area contributed by atoms with Gasteiger partial charge in [0.25, 0.3) is 5.69 Å². The van der Waals surface area contributed by atoms with Crippen LogP contribution in [0.1, 0.15) is 25.3 Å². The third-order valence-corrected chi connectivity index (χ3v) is 2.94. The average molecular weight is 260 g/mol.